The molecule has 0 aliphatic carbocycles. The number of hydrogen-bond acceptors (Lipinski definition) is 5. The second-order valence-corrected chi connectivity index (χ2v) is 7.41. The molecule has 1 aliphatic rings. The monoisotopic (exact) mass is 416 g/mol. The van der Waals surface area contributed by atoms with Gasteiger partial charge in [0.1, 0.15) is 0 Å². The van der Waals surface area contributed by atoms with E-state index in [-0.39, 0.29) is 5.91 Å². The third kappa shape index (κ3) is 5.30. The second kappa shape index (κ2) is 9.66. The summed E-state index contributed by atoms with van der Waals surface area (Å²) in [6.07, 6.45) is 2.74. The summed E-state index contributed by atoms with van der Waals surface area (Å²) in [5.74, 6) is 1.20. The molecule has 0 atom stereocenters. The van der Waals surface area contributed by atoms with E-state index < -0.39 is 0 Å². The van der Waals surface area contributed by atoms with Crippen molar-refractivity contribution in [2.75, 3.05) is 13.2 Å². The Hall–Kier alpha value is -2.44. The normalized spacial score (nSPS) is 16.5. The molecule has 5 nitrogen and oxygen atoms in total. The Morgan fingerprint density at radius 3 is 2.61 bits per heavy atom. The molecule has 2 aromatic rings. The van der Waals surface area contributed by atoms with Gasteiger partial charge in [-0.15, -0.1) is 0 Å². The molecule has 0 bridgehead atoms. The smallest absolute Gasteiger partial charge is 0.264 e. The molecule has 1 fully saturated rings. The van der Waals surface area contributed by atoms with E-state index in [1.807, 2.05) is 31.2 Å². The molecular weight excluding hydrogens is 396 g/mol. The first kappa shape index (κ1) is 20.3. The molecule has 1 N–H and O–H groups in total. The largest absolute Gasteiger partial charge is 0.490 e. The average Bonchev–Trinajstić information content (AvgIpc) is 3.02. The summed E-state index contributed by atoms with van der Waals surface area (Å²) in [4.78, 5) is 17.3. The van der Waals surface area contributed by atoms with E-state index in [0.29, 0.717) is 39.8 Å². The van der Waals surface area contributed by atoms with E-state index in [4.69, 9.17) is 21.1 Å². The molecule has 1 heterocycles. The number of carbonyl (C=O) groups is 1. The van der Waals surface area contributed by atoms with Crippen LogP contribution in [0.4, 0.5) is 5.69 Å². The van der Waals surface area contributed by atoms with Crippen molar-refractivity contribution in [3.05, 3.63) is 58.0 Å². The van der Waals surface area contributed by atoms with Crippen molar-refractivity contribution in [2.45, 2.75) is 20.3 Å². The standard InChI is InChI=1S/C21H21ClN2O3S/c1-3-11-27-17-10-5-14(12-18(17)26-4-2)13-19-20(25)24-21(28-19)23-16-8-6-15(22)7-9-16/h5-10,12-13H,3-4,11H2,1-2H3,(H,23,24,25)/b19-13-. The Bertz CT molecular complexity index is 910. The third-order valence-corrected chi connectivity index (χ3v) is 4.90. The minimum atomic E-state index is -0.179. The number of benzene rings is 2. The molecule has 0 saturated carbocycles. The molecule has 7 heteroatoms. The third-order valence-electron chi connectivity index (χ3n) is 3.74. The van der Waals surface area contributed by atoms with Gasteiger partial charge in [-0.25, -0.2) is 4.99 Å². The lowest BCUT2D eigenvalue weighted by atomic mass is 10.2. The average molecular weight is 417 g/mol. The van der Waals surface area contributed by atoms with Crippen LogP contribution in [0.3, 0.4) is 0 Å². The number of hydrogen-bond donors (Lipinski definition) is 1. The van der Waals surface area contributed by atoms with Gasteiger partial charge in [-0.05, 0) is 73.1 Å². The molecule has 1 aliphatic heterocycles. The SMILES string of the molecule is CCCOc1ccc(/C=C2\SC(=Nc3ccc(Cl)cc3)NC2=O)cc1OCC. The molecule has 146 valence electrons. The first-order valence-corrected chi connectivity index (χ1v) is 10.2. The molecule has 0 aromatic heterocycles. The minimum absolute atomic E-state index is 0.179. The number of rotatable bonds is 7. The zero-order valence-electron chi connectivity index (χ0n) is 15.7. The number of thioether (sulfide) groups is 1. The number of ether oxygens (including phenoxy) is 2. The van der Waals surface area contributed by atoms with E-state index in [1.165, 1.54) is 11.8 Å². The summed E-state index contributed by atoms with van der Waals surface area (Å²) in [6.45, 7) is 5.14. The van der Waals surface area contributed by atoms with Crippen molar-refractivity contribution >= 4 is 46.2 Å². The van der Waals surface area contributed by atoms with Crippen molar-refractivity contribution in [1.82, 2.24) is 5.32 Å². The Labute approximate surface area is 173 Å². The predicted octanol–water partition coefficient (Wildman–Crippen LogP) is 5.42. The summed E-state index contributed by atoms with van der Waals surface area (Å²) in [6, 6.07) is 12.8. The van der Waals surface area contributed by atoms with Crippen LogP contribution >= 0.6 is 23.4 Å². The molecule has 2 aromatic carbocycles. The van der Waals surface area contributed by atoms with Crippen LogP contribution in [0.5, 0.6) is 11.5 Å². The van der Waals surface area contributed by atoms with Gasteiger partial charge in [0.15, 0.2) is 16.7 Å². The zero-order chi connectivity index (χ0) is 19.9. The van der Waals surface area contributed by atoms with Gasteiger partial charge < -0.3 is 14.8 Å². The van der Waals surface area contributed by atoms with Crippen molar-refractivity contribution in [3.63, 3.8) is 0 Å². The molecule has 0 spiro atoms. The van der Waals surface area contributed by atoms with E-state index in [0.717, 1.165) is 17.7 Å². The lowest BCUT2D eigenvalue weighted by molar-refractivity contribution is -0.115. The van der Waals surface area contributed by atoms with Crippen LogP contribution in [-0.4, -0.2) is 24.3 Å². The van der Waals surface area contributed by atoms with Gasteiger partial charge in [0.25, 0.3) is 5.91 Å². The Morgan fingerprint density at radius 1 is 1.11 bits per heavy atom. The number of halogens is 1. The van der Waals surface area contributed by atoms with Gasteiger partial charge in [-0.3, -0.25) is 4.79 Å². The van der Waals surface area contributed by atoms with Gasteiger partial charge in [-0.1, -0.05) is 24.6 Å². The van der Waals surface area contributed by atoms with Crippen LogP contribution in [-0.2, 0) is 4.79 Å². The predicted molar refractivity (Wildman–Crippen MR) is 116 cm³/mol. The topological polar surface area (TPSA) is 59.9 Å². The number of nitrogens with one attached hydrogen (secondary N) is 1. The molecule has 0 unspecified atom stereocenters. The van der Waals surface area contributed by atoms with E-state index in [2.05, 4.69) is 17.2 Å². The van der Waals surface area contributed by atoms with Gasteiger partial charge in [0, 0.05) is 5.02 Å². The molecular formula is C21H21ClN2O3S. The van der Waals surface area contributed by atoms with Crippen LogP contribution in [0.25, 0.3) is 6.08 Å². The van der Waals surface area contributed by atoms with Crippen LogP contribution in [0, 0.1) is 0 Å². The number of amidine groups is 1. The highest BCUT2D eigenvalue weighted by molar-refractivity contribution is 8.18. The maximum absolute atomic E-state index is 12.3. The van der Waals surface area contributed by atoms with Crippen LogP contribution in [0.15, 0.2) is 52.4 Å². The summed E-state index contributed by atoms with van der Waals surface area (Å²) < 4.78 is 11.4. The van der Waals surface area contributed by atoms with Crippen LogP contribution < -0.4 is 14.8 Å². The van der Waals surface area contributed by atoms with Crippen molar-refractivity contribution in [1.29, 1.82) is 0 Å². The number of amides is 1. The quantitative estimate of drug-likeness (QED) is 0.612. The summed E-state index contributed by atoms with van der Waals surface area (Å²) in [5.41, 5.74) is 1.59. The van der Waals surface area contributed by atoms with Gasteiger partial charge in [0.2, 0.25) is 0 Å². The molecule has 1 saturated heterocycles. The fourth-order valence-corrected chi connectivity index (χ4v) is 3.45. The van der Waals surface area contributed by atoms with Gasteiger partial charge >= 0.3 is 0 Å². The first-order valence-electron chi connectivity index (χ1n) is 9.04. The Kier molecular flexibility index (Phi) is 7.01. The first-order chi connectivity index (χ1) is 13.6. The maximum Gasteiger partial charge on any atom is 0.264 e. The van der Waals surface area contributed by atoms with Crippen molar-refractivity contribution in [3.8, 4) is 11.5 Å². The maximum atomic E-state index is 12.3. The van der Waals surface area contributed by atoms with E-state index >= 15 is 0 Å². The Balaban J connectivity index is 1.79. The fraction of sp³-hybridized carbons (Fsp3) is 0.238. The molecule has 28 heavy (non-hydrogen) atoms. The molecule has 3 rings (SSSR count). The van der Waals surface area contributed by atoms with E-state index in [1.54, 1.807) is 24.3 Å². The van der Waals surface area contributed by atoms with Crippen LogP contribution in [0.2, 0.25) is 5.02 Å². The second-order valence-electron chi connectivity index (χ2n) is 5.95. The van der Waals surface area contributed by atoms with Crippen molar-refractivity contribution in [2.24, 2.45) is 4.99 Å². The van der Waals surface area contributed by atoms with Crippen LogP contribution in [0.1, 0.15) is 25.8 Å². The number of carbonyl (C=O) groups excluding carboxylic acids is 1. The highest BCUT2D eigenvalue weighted by Crippen LogP contribution is 2.32. The van der Waals surface area contributed by atoms with Crippen molar-refractivity contribution < 1.29 is 14.3 Å². The lowest BCUT2D eigenvalue weighted by Crippen LogP contribution is -2.19. The zero-order valence-corrected chi connectivity index (χ0v) is 17.3. The number of nitrogens with zero attached hydrogens (tertiary/aromatic N) is 1. The summed E-state index contributed by atoms with van der Waals surface area (Å²) >= 11 is 7.18. The fourth-order valence-electron chi connectivity index (χ4n) is 2.48. The Morgan fingerprint density at radius 2 is 1.89 bits per heavy atom. The highest BCUT2D eigenvalue weighted by atomic mass is 35.5. The summed E-state index contributed by atoms with van der Waals surface area (Å²) in [5, 5.41) is 3.96. The van der Waals surface area contributed by atoms with Gasteiger partial charge in [-0.2, -0.15) is 0 Å². The highest BCUT2D eigenvalue weighted by Gasteiger charge is 2.24. The molecule has 0 radical (unpaired) electrons. The summed E-state index contributed by atoms with van der Waals surface area (Å²) in [7, 11) is 0. The minimum Gasteiger partial charge on any atom is -0.490 e. The lowest BCUT2D eigenvalue weighted by Gasteiger charge is -2.12. The number of aliphatic imine (C=N–C) groups is 1. The van der Waals surface area contributed by atoms with E-state index in [9.17, 15) is 4.79 Å². The van der Waals surface area contributed by atoms with Gasteiger partial charge in [0.05, 0.1) is 23.8 Å². The molecule has 1 amide bonds.